The molecule has 178 valence electrons. The number of carbonyl (C=O) groups excluding carboxylic acids is 2. The lowest BCUT2D eigenvalue weighted by molar-refractivity contribution is -0.142. The number of amides is 2. The molecule has 2 amide bonds. The molecule has 5 nitrogen and oxygen atoms in total. The first-order valence-corrected chi connectivity index (χ1v) is 12.3. The number of nitrogens with zero attached hydrogens (tertiary/aromatic N) is 1. The number of halogens is 2. The number of carbonyl (C=O) groups is 2. The standard InChI is InChI=1S/C27H28BrClN2O3/c1-3-30-27(33)25(16-20-8-5-4-6-9-20)31(17-21-10-7-11-22(29)15-21)26(32)18-34-23-12-13-24(28)19(2)14-23/h4-15,25H,3,16-18H2,1-2H3,(H,30,33)/t25-/m0/s1. The molecule has 0 saturated heterocycles. The second-order valence-corrected chi connectivity index (χ2v) is 9.24. The minimum Gasteiger partial charge on any atom is -0.484 e. The molecule has 0 saturated carbocycles. The molecule has 0 unspecified atom stereocenters. The highest BCUT2D eigenvalue weighted by molar-refractivity contribution is 9.10. The topological polar surface area (TPSA) is 58.6 Å². The summed E-state index contributed by atoms with van der Waals surface area (Å²) in [5.41, 5.74) is 2.81. The Morgan fingerprint density at radius 1 is 1.03 bits per heavy atom. The van der Waals surface area contributed by atoms with Gasteiger partial charge in [0, 0.05) is 29.0 Å². The van der Waals surface area contributed by atoms with Crippen molar-refractivity contribution in [3.8, 4) is 5.75 Å². The Morgan fingerprint density at radius 3 is 2.44 bits per heavy atom. The lowest BCUT2D eigenvalue weighted by Gasteiger charge is -2.31. The van der Waals surface area contributed by atoms with E-state index in [9.17, 15) is 9.59 Å². The van der Waals surface area contributed by atoms with Crippen molar-refractivity contribution >= 4 is 39.3 Å². The summed E-state index contributed by atoms with van der Waals surface area (Å²) in [4.78, 5) is 28.2. The van der Waals surface area contributed by atoms with Crippen molar-refractivity contribution < 1.29 is 14.3 Å². The number of benzene rings is 3. The molecule has 0 spiro atoms. The predicted octanol–water partition coefficient (Wildman–Crippen LogP) is 5.57. The Bertz CT molecular complexity index is 1120. The summed E-state index contributed by atoms with van der Waals surface area (Å²) in [5.74, 6) is 0.100. The van der Waals surface area contributed by atoms with E-state index in [4.69, 9.17) is 16.3 Å². The fourth-order valence-electron chi connectivity index (χ4n) is 3.61. The van der Waals surface area contributed by atoms with Gasteiger partial charge in [0.1, 0.15) is 11.8 Å². The Morgan fingerprint density at radius 2 is 1.76 bits per heavy atom. The SMILES string of the molecule is CCNC(=O)[C@H](Cc1ccccc1)N(Cc1cccc(Cl)c1)C(=O)COc1ccc(Br)c(C)c1. The zero-order valence-corrected chi connectivity index (χ0v) is 21.6. The zero-order chi connectivity index (χ0) is 24.5. The predicted molar refractivity (Wildman–Crippen MR) is 139 cm³/mol. The number of likely N-dealkylation sites (N-methyl/N-ethyl adjacent to an activating group) is 1. The van der Waals surface area contributed by atoms with E-state index >= 15 is 0 Å². The van der Waals surface area contributed by atoms with Gasteiger partial charge in [0.05, 0.1) is 0 Å². The van der Waals surface area contributed by atoms with Gasteiger partial charge in [-0.1, -0.05) is 70.0 Å². The summed E-state index contributed by atoms with van der Waals surface area (Å²) < 4.78 is 6.78. The third kappa shape index (κ3) is 7.34. The Balaban J connectivity index is 1.89. The van der Waals surface area contributed by atoms with Crippen LogP contribution in [0.15, 0.2) is 77.3 Å². The van der Waals surface area contributed by atoms with Gasteiger partial charge in [-0.2, -0.15) is 0 Å². The van der Waals surface area contributed by atoms with Crippen LogP contribution >= 0.6 is 27.5 Å². The summed E-state index contributed by atoms with van der Waals surface area (Å²) in [7, 11) is 0. The van der Waals surface area contributed by atoms with E-state index < -0.39 is 6.04 Å². The number of rotatable bonds is 10. The normalized spacial score (nSPS) is 11.5. The smallest absolute Gasteiger partial charge is 0.261 e. The molecule has 0 aliphatic carbocycles. The molecule has 1 N–H and O–H groups in total. The molecule has 0 aromatic heterocycles. The van der Waals surface area contributed by atoms with Crippen molar-refractivity contribution in [2.45, 2.75) is 32.9 Å². The average Bonchev–Trinajstić information content (AvgIpc) is 2.82. The summed E-state index contributed by atoms with van der Waals surface area (Å²) in [6, 6.07) is 21.8. The third-order valence-electron chi connectivity index (χ3n) is 5.36. The summed E-state index contributed by atoms with van der Waals surface area (Å²) in [5, 5.41) is 3.45. The Labute approximate surface area is 214 Å². The lowest BCUT2D eigenvalue weighted by atomic mass is 10.0. The van der Waals surface area contributed by atoms with Crippen LogP contribution in [-0.2, 0) is 22.6 Å². The summed E-state index contributed by atoms with van der Waals surface area (Å²) in [6.07, 6.45) is 0.385. The number of nitrogens with one attached hydrogen (secondary N) is 1. The van der Waals surface area contributed by atoms with Crippen LogP contribution in [0.4, 0.5) is 0 Å². The van der Waals surface area contributed by atoms with E-state index in [0.29, 0.717) is 23.7 Å². The highest BCUT2D eigenvalue weighted by atomic mass is 79.9. The second-order valence-electron chi connectivity index (χ2n) is 7.95. The van der Waals surface area contributed by atoms with Gasteiger partial charge in [0.15, 0.2) is 6.61 Å². The molecular formula is C27H28BrClN2O3. The van der Waals surface area contributed by atoms with Crippen LogP contribution in [0, 0.1) is 6.92 Å². The van der Waals surface area contributed by atoms with Crippen molar-refractivity contribution in [2.24, 2.45) is 0 Å². The fourth-order valence-corrected chi connectivity index (χ4v) is 4.07. The molecule has 1 atom stereocenters. The molecule has 0 fully saturated rings. The van der Waals surface area contributed by atoms with Crippen LogP contribution in [-0.4, -0.2) is 35.9 Å². The number of ether oxygens (including phenoxy) is 1. The van der Waals surface area contributed by atoms with Crippen molar-refractivity contribution in [1.82, 2.24) is 10.2 Å². The zero-order valence-electron chi connectivity index (χ0n) is 19.3. The monoisotopic (exact) mass is 542 g/mol. The number of hydrogen-bond acceptors (Lipinski definition) is 3. The Kier molecular flexibility index (Phi) is 9.54. The molecule has 0 aliphatic heterocycles. The first kappa shape index (κ1) is 25.8. The first-order chi connectivity index (χ1) is 16.4. The number of hydrogen-bond donors (Lipinski definition) is 1. The lowest BCUT2D eigenvalue weighted by Crippen LogP contribution is -2.51. The van der Waals surface area contributed by atoms with Crippen LogP contribution in [0.25, 0.3) is 0 Å². The Hall–Kier alpha value is -2.83. The average molecular weight is 544 g/mol. The van der Waals surface area contributed by atoms with Crippen LogP contribution < -0.4 is 10.1 Å². The van der Waals surface area contributed by atoms with E-state index in [0.717, 1.165) is 21.2 Å². The van der Waals surface area contributed by atoms with Crippen LogP contribution in [0.2, 0.25) is 5.02 Å². The molecule has 7 heteroatoms. The van der Waals surface area contributed by atoms with E-state index in [-0.39, 0.29) is 25.0 Å². The van der Waals surface area contributed by atoms with Crippen LogP contribution in [0.3, 0.4) is 0 Å². The molecule has 0 aliphatic rings. The molecule has 3 aromatic rings. The molecule has 34 heavy (non-hydrogen) atoms. The van der Waals surface area contributed by atoms with Crippen LogP contribution in [0.1, 0.15) is 23.6 Å². The van der Waals surface area contributed by atoms with E-state index in [1.165, 1.54) is 0 Å². The molecule has 0 bridgehead atoms. The van der Waals surface area contributed by atoms with Gasteiger partial charge < -0.3 is 15.0 Å². The van der Waals surface area contributed by atoms with Gasteiger partial charge in [0.25, 0.3) is 5.91 Å². The minimum absolute atomic E-state index is 0.188. The van der Waals surface area contributed by atoms with E-state index in [1.807, 2.05) is 68.4 Å². The molecule has 0 heterocycles. The molecule has 0 radical (unpaired) electrons. The van der Waals surface area contributed by atoms with Gasteiger partial charge in [0.2, 0.25) is 5.91 Å². The van der Waals surface area contributed by atoms with Crippen molar-refractivity contribution in [1.29, 1.82) is 0 Å². The van der Waals surface area contributed by atoms with Crippen molar-refractivity contribution in [3.63, 3.8) is 0 Å². The van der Waals surface area contributed by atoms with Gasteiger partial charge in [-0.3, -0.25) is 9.59 Å². The minimum atomic E-state index is -0.705. The summed E-state index contributed by atoms with van der Waals surface area (Å²) in [6.45, 7) is 4.33. The van der Waals surface area contributed by atoms with Gasteiger partial charge >= 0.3 is 0 Å². The highest BCUT2D eigenvalue weighted by Gasteiger charge is 2.30. The van der Waals surface area contributed by atoms with Crippen LogP contribution in [0.5, 0.6) is 5.75 Å². The maximum absolute atomic E-state index is 13.5. The van der Waals surface area contributed by atoms with Gasteiger partial charge in [-0.25, -0.2) is 0 Å². The number of aryl methyl sites for hydroxylation is 1. The molecule has 3 rings (SSSR count). The summed E-state index contributed by atoms with van der Waals surface area (Å²) >= 11 is 9.66. The van der Waals surface area contributed by atoms with Crippen molar-refractivity contribution in [2.75, 3.05) is 13.2 Å². The van der Waals surface area contributed by atoms with E-state index in [1.54, 1.807) is 23.1 Å². The first-order valence-electron chi connectivity index (χ1n) is 11.1. The maximum Gasteiger partial charge on any atom is 0.261 e. The highest BCUT2D eigenvalue weighted by Crippen LogP contribution is 2.22. The van der Waals surface area contributed by atoms with E-state index in [2.05, 4.69) is 21.2 Å². The van der Waals surface area contributed by atoms with Crippen molar-refractivity contribution in [3.05, 3.63) is 99.0 Å². The van der Waals surface area contributed by atoms with Gasteiger partial charge in [-0.05, 0) is 60.9 Å². The second kappa shape index (κ2) is 12.6. The fraction of sp³-hybridized carbons (Fsp3) is 0.259. The van der Waals surface area contributed by atoms with Gasteiger partial charge in [-0.15, -0.1) is 0 Å². The quantitative estimate of drug-likeness (QED) is 0.364. The maximum atomic E-state index is 13.5. The largest absolute Gasteiger partial charge is 0.484 e. The third-order valence-corrected chi connectivity index (χ3v) is 6.48. The molecular weight excluding hydrogens is 516 g/mol. The molecule has 3 aromatic carbocycles.